The average molecular weight is 276 g/mol. The highest BCUT2D eigenvalue weighted by atomic mass is 16.6. The average Bonchev–Trinajstić information content (AvgIpc) is 2.83. The first-order valence-electron chi connectivity index (χ1n) is 6.58. The molecule has 2 N–H and O–H groups in total. The van der Waals surface area contributed by atoms with Crippen LogP contribution in [0.25, 0.3) is 0 Å². The number of carbonyl (C=O) groups excluding carboxylic acids is 2. The van der Waals surface area contributed by atoms with Gasteiger partial charge in [-0.25, -0.2) is 4.79 Å². The number of esters is 1. The lowest BCUT2D eigenvalue weighted by Crippen LogP contribution is -2.34. The van der Waals surface area contributed by atoms with Crippen LogP contribution >= 0.6 is 0 Å². The van der Waals surface area contributed by atoms with E-state index in [9.17, 15) is 19.8 Å². The van der Waals surface area contributed by atoms with Gasteiger partial charge in [-0.1, -0.05) is 12.2 Å². The Kier molecular flexibility index (Phi) is 2.92. The molecule has 0 aromatic rings. The van der Waals surface area contributed by atoms with Gasteiger partial charge < -0.3 is 14.9 Å². The summed E-state index contributed by atoms with van der Waals surface area (Å²) in [6.07, 6.45) is 0.265. The molecule has 4 atom stereocenters. The minimum Gasteiger partial charge on any atom is -0.457 e. The molecule has 3 aliphatic rings. The lowest BCUT2D eigenvalue weighted by molar-refractivity contribution is -0.140. The van der Waals surface area contributed by atoms with Gasteiger partial charge in [-0.2, -0.15) is 0 Å². The number of hydrogen-bond donors (Lipinski definition) is 2. The van der Waals surface area contributed by atoms with E-state index in [0.717, 1.165) is 5.57 Å². The molecule has 0 bridgehead atoms. The molecule has 106 valence electrons. The Morgan fingerprint density at radius 3 is 2.80 bits per heavy atom. The molecule has 5 heteroatoms. The van der Waals surface area contributed by atoms with Gasteiger partial charge in [-0.15, -0.1) is 0 Å². The molecule has 0 aromatic heterocycles. The summed E-state index contributed by atoms with van der Waals surface area (Å²) in [5.74, 6) is -1.69. The summed E-state index contributed by atoms with van der Waals surface area (Å²) in [5.41, 5.74) is 2.11. The number of carbonyl (C=O) groups is 2. The van der Waals surface area contributed by atoms with E-state index in [1.165, 1.54) is 6.08 Å². The summed E-state index contributed by atoms with van der Waals surface area (Å²) >= 11 is 0. The Bertz CT molecular complexity index is 583. The molecular formula is C15H16O5. The van der Waals surface area contributed by atoms with Gasteiger partial charge in [0.15, 0.2) is 5.78 Å². The normalized spacial score (nSPS) is 36.5. The van der Waals surface area contributed by atoms with E-state index < -0.39 is 30.0 Å². The molecule has 2 aliphatic carbocycles. The van der Waals surface area contributed by atoms with Crippen molar-refractivity contribution >= 4 is 11.8 Å². The van der Waals surface area contributed by atoms with Crippen LogP contribution in [0.4, 0.5) is 0 Å². The van der Waals surface area contributed by atoms with Gasteiger partial charge in [0.2, 0.25) is 0 Å². The fourth-order valence-electron chi connectivity index (χ4n) is 3.55. The van der Waals surface area contributed by atoms with Gasteiger partial charge in [0.25, 0.3) is 0 Å². The Labute approximate surface area is 116 Å². The second-order valence-electron chi connectivity index (χ2n) is 5.61. The summed E-state index contributed by atoms with van der Waals surface area (Å²) in [5, 5.41) is 19.7. The van der Waals surface area contributed by atoms with Crippen LogP contribution in [0.2, 0.25) is 0 Å². The van der Waals surface area contributed by atoms with E-state index in [-0.39, 0.29) is 18.0 Å². The van der Waals surface area contributed by atoms with Crippen LogP contribution in [-0.4, -0.2) is 40.8 Å². The number of ether oxygens (including phenoxy) is 1. The first-order valence-corrected chi connectivity index (χ1v) is 6.58. The summed E-state index contributed by atoms with van der Waals surface area (Å²) in [6.45, 7) is 5.23. The molecule has 20 heavy (non-hydrogen) atoms. The number of hydrogen-bond acceptors (Lipinski definition) is 5. The molecule has 1 fully saturated rings. The van der Waals surface area contributed by atoms with Crippen molar-refractivity contribution in [2.24, 2.45) is 11.8 Å². The van der Waals surface area contributed by atoms with E-state index in [1.54, 1.807) is 6.92 Å². The van der Waals surface area contributed by atoms with Crippen LogP contribution in [0.5, 0.6) is 0 Å². The zero-order valence-electron chi connectivity index (χ0n) is 11.1. The van der Waals surface area contributed by atoms with Crippen LogP contribution in [0.3, 0.4) is 0 Å². The van der Waals surface area contributed by atoms with Gasteiger partial charge in [-0.3, -0.25) is 4.79 Å². The van der Waals surface area contributed by atoms with E-state index in [0.29, 0.717) is 17.6 Å². The lowest BCUT2D eigenvalue weighted by Gasteiger charge is -2.25. The quantitative estimate of drug-likeness (QED) is 0.531. The second kappa shape index (κ2) is 4.40. The molecule has 0 radical (unpaired) electrons. The predicted molar refractivity (Wildman–Crippen MR) is 69.5 cm³/mol. The number of aliphatic hydroxyl groups excluding tert-OH is 2. The van der Waals surface area contributed by atoms with Crippen molar-refractivity contribution in [2.45, 2.75) is 25.6 Å². The number of fused-ring (bicyclic) bond motifs is 3. The second-order valence-corrected chi connectivity index (χ2v) is 5.61. The summed E-state index contributed by atoms with van der Waals surface area (Å²) in [4.78, 5) is 23.8. The largest absolute Gasteiger partial charge is 0.457 e. The third-order valence-corrected chi connectivity index (χ3v) is 4.45. The Balaban J connectivity index is 2.13. The molecule has 0 unspecified atom stereocenters. The minimum atomic E-state index is -0.801. The highest BCUT2D eigenvalue weighted by Crippen LogP contribution is 2.47. The Hall–Kier alpha value is -1.72. The minimum absolute atomic E-state index is 0.169. The molecule has 1 aliphatic heterocycles. The van der Waals surface area contributed by atoms with E-state index in [2.05, 4.69) is 6.58 Å². The first-order chi connectivity index (χ1) is 9.45. The zero-order valence-corrected chi connectivity index (χ0v) is 11.1. The van der Waals surface area contributed by atoms with E-state index in [4.69, 9.17) is 4.74 Å². The van der Waals surface area contributed by atoms with Crippen LogP contribution in [0.15, 0.2) is 34.9 Å². The highest BCUT2D eigenvalue weighted by molar-refractivity contribution is 6.09. The summed E-state index contributed by atoms with van der Waals surface area (Å²) < 4.78 is 5.33. The molecule has 0 amide bonds. The highest BCUT2D eigenvalue weighted by Gasteiger charge is 2.52. The van der Waals surface area contributed by atoms with Crippen LogP contribution in [0.1, 0.15) is 13.3 Å². The number of aliphatic hydroxyl groups is 2. The van der Waals surface area contributed by atoms with Crippen molar-refractivity contribution in [1.82, 2.24) is 0 Å². The maximum atomic E-state index is 12.1. The molecule has 5 nitrogen and oxygen atoms in total. The Morgan fingerprint density at radius 1 is 1.45 bits per heavy atom. The van der Waals surface area contributed by atoms with E-state index in [1.807, 2.05) is 0 Å². The molecular weight excluding hydrogens is 260 g/mol. The monoisotopic (exact) mass is 276 g/mol. The predicted octanol–water partition coefficient (Wildman–Crippen LogP) is 0.283. The lowest BCUT2D eigenvalue weighted by atomic mass is 9.82. The van der Waals surface area contributed by atoms with Gasteiger partial charge in [0.05, 0.1) is 18.6 Å². The molecule has 3 rings (SSSR count). The van der Waals surface area contributed by atoms with Crippen molar-refractivity contribution in [1.29, 1.82) is 0 Å². The topological polar surface area (TPSA) is 83.8 Å². The van der Waals surface area contributed by atoms with Crippen LogP contribution in [0, 0.1) is 11.8 Å². The number of allylic oxidation sites excluding steroid dienone is 1. The summed E-state index contributed by atoms with van der Waals surface area (Å²) in [6, 6.07) is 0. The number of ketones is 1. The Morgan fingerprint density at radius 2 is 2.15 bits per heavy atom. The molecule has 1 saturated heterocycles. The van der Waals surface area contributed by atoms with Crippen molar-refractivity contribution in [2.75, 3.05) is 6.61 Å². The van der Waals surface area contributed by atoms with Crippen molar-refractivity contribution < 1.29 is 24.5 Å². The van der Waals surface area contributed by atoms with Gasteiger partial charge in [0, 0.05) is 17.1 Å². The fourth-order valence-corrected chi connectivity index (χ4v) is 3.55. The maximum Gasteiger partial charge on any atom is 0.334 e. The third kappa shape index (κ3) is 1.63. The van der Waals surface area contributed by atoms with Gasteiger partial charge in [0.1, 0.15) is 6.10 Å². The third-order valence-electron chi connectivity index (χ3n) is 4.45. The maximum absolute atomic E-state index is 12.1. The number of rotatable bonds is 1. The molecule has 1 heterocycles. The molecule has 0 saturated carbocycles. The van der Waals surface area contributed by atoms with Crippen LogP contribution < -0.4 is 0 Å². The van der Waals surface area contributed by atoms with Gasteiger partial charge >= 0.3 is 5.97 Å². The SMILES string of the molecule is C=C1C(=O)O[C@H]2[C@@H]3C(CO)=CC(=O)C3=C(C)C[C@@H](O)[C@H]12. The fraction of sp³-hybridized carbons (Fsp3) is 0.467. The van der Waals surface area contributed by atoms with E-state index >= 15 is 0 Å². The standard InChI is InChI=1S/C15H16O5/c1-6-3-9(17)12-7(2)15(19)20-14(12)13-8(5-16)4-10(18)11(6)13/h4,9,12-14,16-17H,2-3,5H2,1H3/t9-,12+,13-,14-/m1/s1. The smallest absolute Gasteiger partial charge is 0.334 e. The summed E-state index contributed by atoms with van der Waals surface area (Å²) in [7, 11) is 0. The molecule has 0 spiro atoms. The molecule has 0 aromatic carbocycles. The van der Waals surface area contributed by atoms with Crippen molar-refractivity contribution in [3.8, 4) is 0 Å². The zero-order chi connectivity index (χ0) is 14.6. The van der Waals surface area contributed by atoms with Gasteiger partial charge in [-0.05, 0) is 25.0 Å². The van der Waals surface area contributed by atoms with Crippen molar-refractivity contribution in [3.05, 3.63) is 34.9 Å². The van der Waals surface area contributed by atoms with Crippen LogP contribution in [-0.2, 0) is 14.3 Å². The first kappa shape index (κ1) is 13.3. The van der Waals surface area contributed by atoms with Crippen molar-refractivity contribution in [3.63, 3.8) is 0 Å².